The van der Waals surface area contributed by atoms with Crippen LogP contribution >= 0.6 is 0 Å². The fourth-order valence-electron chi connectivity index (χ4n) is 11.7. The van der Waals surface area contributed by atoms with E-state index < -0.39 is 0 Å². The molecule has 0 N–H and O–H groups in total. The third kappa shape index (κ3) is 9.76. The summed E-state index contributed by atoms with van der Waals surface area (Å²) in [6, 6.07) is 85.9. The molecule has 5 nitrogen and oxygen atoms in total. The maximum Gasteiger partial charge on any atom is 0.137 e. The molecule has 1 aliphatic heterocycles. The molecular formula is C75H70N4O. The standard InChI is InChI=1S/C75H70N4O/c1-72(2,3)58-39-40-76-71(47-58)79-68-38-35-59(73(4,5)55-29-19-12-20-30-55)46-67(68)66-37-36-64(49-69(66)79)80-65-42-54(52-25-15-10-16-26-52)41-62(48-65)77-50-70(53-27-17-11-18-28-53)78(51-77)63-44-60(74(6,7)56-31-21-13-22-32-56)43-61(45-63)75(8,9)57-33-23-14-24-34-57/h10-50H,51H2,1-9H3. The highest BCUT2D eigenvalue weighted by molar-refractivity contribution is 6.10. The summed E-state index contributed by atoms with van der Waals surface area (Å²) in [7, 11) is 0. The first-order valence-corrected chi connectivity index (χ1v) is 28.1. The van der Waals surface area contributed by atoms with E-state index in [4.69, 9.17) is 9.72 Å². The molecule has 11 aromatic rings. The molecule has 9 aromatic carbocycles. The van der Waals surface area contributed by atoms with Gasteiger partial charge in [-0.25, -0.2) is 4.98 Å². The fraction of sp³-hybridized carbons (Fsp3) is 0.187. The maximum absolute atomic E-state index is 7.17. The van der Waals surface area contributed by atoms with E-state index in [0.717, 1.165) is 67.5 Å². The highest BCUT2D eigenvalue weighted by atomic mass is 16.5. The summed E-state index contributed by atoms with van der Waals surface area (Å²) in [5, 5.41) is 2.32. The number of pyridine rings is 1. The maximum atomic E-state index is 7.17. The molecule has 3 heterocycles. The zero-order valence-electron chi connectivity index (χ0n) is 47.6. The van der Waals surface area contributed by atoms with Gasteiger partial charge in [0.2, 0.25) is 0 Å². The first-order valence-electron chi connectivity index (χ1n) is 28.1. The molecule has 12 rings (SSSR count). The SMILES string of the molecule is CC(C)(C)c1ccnc(-n2c3ccc(C(C)(C)c4ccccc4)cc3c3ccc(Oc4cc(-c5ccccc5)cc(N5C=C(c6ccccc6)N(c6cc(C(C)(C)c7ccccc7)cc(C(C)(C)c7ccccc7)c6)C5)c4)cc32)c1. The fourth-order valence-corrected chi connectivity index (χ4v) is 11.7. The summed E-state index contributed by atoms with van der Waals surface area (Å²) < 4.78 is 9.48. The van der Waals surface area contributed by atoms with E-state index in [2.05, 4.69) is 319 Å². The predicted molar refractivity (Wildman–Crippen MR) is 336 cm³/mol. The molecule has 5 heteroatoms. The van der Waals surface area contributed by atoms with Gasteiger partial charge in [0.15, 0.2) is 0 Å². The number of aromatic nitrogens is 2. The second-order valence-electron chi connectivity index (χ2n) is 24.2. The second-order valence-corrected chi connectivity index (χ2v) is 24.2. The van der Waals surface area contributed by atoms with E-state index in [1.807, 2.05) is 6.20 Å². The van der Waals surface area contributed by atoms with Crippen LogP contribution in [0, 0.1) is 0 Å². The van der Waals surface area contributed by atoms with Crippen molar-refractivity contribution in [2.75, 3.05) is 16.5 Å². The van der Waals surface area contributed by atoms with Crippen molar-refractivity contribution in [1.82, 2.24) is 9.55 Å². The van der Waals surface area contributed by atoms with Crippen LogP contribution in [0.5, 0.6) is 11.5 Å². The molecule has 0 fully saturated rings. The van der Waals surface area contributed by atoms with Gasteiger partial charge in [-0.1, -0.05) is 226 Å². The molecule has 0 saturated heterocycles. The van der Waals surface area contributed by atoms with Crippen LogP contribution in [0.25, 0.3) is 44.4 Å². The van der Waals surface area contributed by atoms with Gasteiger partial charge in [0.25, 0.3) is 0 Å². The number of ether oxygens (including phenoxy) is 1. The van der Waals surface area contributed by atoms with E-state index in [1.54, 1.807) is 0 Å². The van der Waals surface area contributed by atoms with E-state index in [-0.39, 0.29) is 21.7 Å². The van der Waals surface area contributed by atoms with E-state index in [0.29, 0.717) is 6.67 Å². The van der Waals surface area contributed by atoms with Crippen molar-refractivity contribution in [1.29, 1.82) is 0 Å². The van der Waals surface area contributed by atoms with Crippen molar-refractivity contribution in [2.45, 2.75) is 84.0 Å². The lowest BCUT2D eigenvalue weighted by Crippen LogP contribution is -2.28. The van der Waals surface area contributed by atoms with Crippen LogP contribution in [0.3, 0.4) is 0 Å². The highest BCUT2D eigenvalue weighted by Crippen LogP contribution is 2.45. The Kier molecular flexibility index (Phi) is 13.2. The number of fused-ring (bicyclic) bond motifs is 3. The Morgan fingerprint density at radius 3 is 1.50 bits per heavy atom. The van der Waals surface area contributed by atoms with Gasteiger partial charge in [-0.15, -0.1) is 0 Å². The minimum atomic E-state index is -0.280. The highest BCUT2D eigenvalue weighted by Gasteiger charge is 2.33. The van der Waals surface area contributed by atoms with Crippen LogP contribution in [-0.4, -0.2) is 16.2 Å². The lowest BCUT2D eigenvalue weighted by atomic mass is 9.73. The summed E-state index contributed by atoms with van der Waals surface area (Å²) in [4.78, 5) is 9.92. The quantitative estimate of drug-likeness (QED) is 0.115. The van der Waals surface area contributed by atoms with Gasteiger partial charge >= 0.3 is 0 Å². The lowest BCUT2D eigenvalue weighted by molar-refractivity contribution is 0.483. The van der Waals surface area contributed by atoms with Crippen molar-refractivity contribution in [2.24, 2.45) is 0 Å². The van der Waals surface area contributed by atoms with Crippen LogP contribution in [0.4, 0.5) is 11.4 Å². The summed E-state index contributed by atoms with van der Waals surface area (Å²) in [6.07, 6.45) is 4.26. The molecule has 0 saturated carbocycles. The first kappa shape index (κ1) is 51.8. The lowest BCUT2D eigenvalue weighted by Gasteiger charge is -2.34. The zero-order chi connectivity index (χ0) is 55.4. The van der Waals surface area contributed by atoms with Gasteiger partial charge in [0.1, 0.15) is 17.3 Å². The minimum absolute atomic E-state index is 0.0615. The van der Waals surface area contributed by atoms with Gasteiger partial charge in [-0.3, -0.25) is 4.57 Å². The summed E-state index contributed by atoms with van der Waals surface area (Å²) >= 11 is 0. The molecule has 0 spiro atoms. The third-order valence-corrected chi connectivity index (χ3v) is 17.0. The van der Waals surface area contributed by atoms with Crippen LogP contribution in [0.15, 0.2) is 249 Å². The number of benzene rings is 9. The molecule has 80 heavy (non-hydrogen) atoms. The Bertz CT molecular complexity index is 3990. The van der Waals surface area contributed by atoms with E-state index in [9.17, 15) is 0 Å². The van der Waals surface area contributed by atoms with Gasteiger partial charge in [0.05, 0.1) is 23.4 Å². The minimum Gasteiger partial charge on any atom is -0.457 e. The first-order chi connectivity index (χ1) is 38.5. The Balaban J connectivity index is 0.982. The van der Waals surface area contributed by atoms with Crippen molar-refractivity contribution >= 4 is 38.9 Å². The molecule has 1 aliphatic rings. The Labute approximate surface area is 473 Å². The summed E-state index contributed by atoms with van der Waals surface area (Å²) in [5.74, 6) is 2.36. The van der Waals surface area contributed by atoms with Crippen LogP contribution < -0.4 is 14.5 Å². The van der Waals surface area contributed by atoms with Gasteiger partial charge < -0.3 is 14.5 Å². The molecular weight excluding hydrogens is 973 g/mol. The van der Waals surface area contributed by atoms with Crippen molar-refractivity contribution < 1.29 is 4.74 Å². The number of hydrogen-bond donors (Lipinski definition) is 0. The van der Waals surface area contributed by atoms with Gasteiger partial charge in [0, 0.05) is 62.9 Å². The number of hydrogen-bond acceptors (Lipinski definition) is 4. The molecule has 0 aliphatic carbocycles. The molecule has 0 bridgehead atoms. The molecule has 0 unspecified atom stereocenters. The topological polar surface area (TPSA) is 33.5 Å². The molecule has 0 atom stereocenters. The molecule has 2 aromatic heterocycles. The van der Waals surface area contributed by atoms with Crippen molar-refractivity contribution in [3.63, 3.8) is 0 Å². The zero-order valence-corrected chi connectivity index (χ0v) is 47.6. The van der Waals surface area contributed by atoms with E-state index in [1.165, 1.54) is 44.3 Å². The normalized spacial score (nSPS) is 13.3. The summed E-state index contributed by atoms with van der Waals surface area (Å²) in [6.45, 7) is 21.4. The average Bonchev–Trinajstić information content (AvgIpc) is 4.09. The molecule has 0 amide bonds. The Hall–Kier alpha value is -8.93. The van der Waals surface area contributed by atoms with Crippen LogP contribution in [0.1, 0.15) is 107 Å². The Morgan fingerprint density at radius 2 is 0.925 bits per heavy atom. The van der Waals surface area contributed by atoms with Crippen molar-refractivity contribution in [3.8, 4) is 28.4 Å². The van der Waals surface area contributed by atoms with Crippen molar-refractivity contribution in [3.05, 3.63) is 293 Å². The monoisotopic (exact) mass is 1040 g/mol. The van der Waals surface area contributed by atoms with Gasteiger partial charge in [-0.2, -0.15) is 0 Å². The number of rotatable bonds is 13. The molecule has 0 radical (unpaired) electrons. The largest absolute Gasteiger partial charge is 0.457 e. The number of anilines is 2. The number of nitrogens with zero attached hydrogens (tertiary/aromatic N) is 4. The average molecular weight is 1040 g/mol. The Morgan fingerprint density at radius 1 is 0.375 bits per heavy atom. The smallest absolute Gasteiger partial charge is 0.137 e. The van der Waals surface area contributed by atoms with E-state index >= 15 is 0 Å². The third-order valence-electron chi connectivity index (χ3n) is 17.0. The van der Waals surface area contributed by atoms with Crippen LogP contribution in [-0.2, 0) is 21.7 Å². The van der Waals surface area contributed by atoms with Crippen LogP contribution in [0.2, 0.25) is 0 Å². The predicted octanol–water partition coefficient (Wildman–Crippen LogP) is 19.2. The molecule has 396 valence electrons. The second kappa shape index (κ2) is 20.4. The summed E-state index contributed by atoms with van der Waals surface area (Å²) in [5.41, 5.74) is 16.7. The van der Waals surface area contributed by atoms with Gasteiger partial charge in [-0.05, 0) is 122 Å².